The van der Waals surface area contributed by atoms with Crippen LogP contribution in [0.2, 0.25) is 0 Å². The van der Waals surface area contributed by atoms with Gasteiger partial charge in [0.15, 0.2) is 0 Å². The molecule has 0 radical (unpaired) electrons. The summed E-state index contributed by atoms with van der Waals surface area (Å²) in [6.45, 7) is 4.49. The monoisotopic (exact) mass is 245 g/mol. The number of carboxylic acid groups (broad SMARTS) is 1. The Labute approximate surface area is 108 Å². The smallest absolute Gasteiger partial charge is 0.306 e. The number of rotatable bonds is 5. The second-order valence-electron chi connectivity index (χ2n) is 4.92. The van der Waals surface area contributed by atoms with Crippen LogP contribution in [-0.2, 0) is 4.79 Å². The molecule has 3 nitrogen and oxygen atoms in total. The number of carboxylic acids is 1. The molecule has 1 heterocycles. The van der Waals surface area contributed by atoms with Gasteiger partial charge in [-0.15, -0.1) is 0 Å². The Morgan fingerprint density at radius 2 is 2.11 bits per heavy atom. The van der Waals surface area contributed by atoms with Crippen LogP contribution < -0.4 is 0 Å². The summed E-state index contributed by atoms with van der Waals surface area (Å²) in [4.78, 5) is 13.1. The fourth-order valence-corrected chi connectivity index (χ4v) is 2.18. The molecule has 3 heteroatoms. The Bertz CT molecular complexity index is 421. The van der Waals surface area contributed by atoms with Gasteiger partial charge in [-0.25, -0.2) is 0 Å². The van der Waals surface area contributed by atoms with Gasteiger partial charge < -0.3 is 5.11 Å². The molecule has 2 rings (SSSR count). The minimum absolute atomic E-state index is 0.223. The third-order valence-corrected chi connectivity index (χ3v) is 3.56. The van der Waals surface area contributed by atoms with Crippen LogP contribution in [0.25, 0.3) is 6.08 Å². The molecule has 1 N–H and O–H groups in total. The number of hydrogen-bond donors (Lipinski definition) is 1. The first-order chi connectivity index (χ1) is 8.66. The van der Waals surface area contributed by atoms with E-state index in [2.05, 4.69) is 29.2 Å². The highest BCUT2D eigenvalue weighted by Gasteiger charge is 2.33. The summed E-state index contributed by atoms with van der Waals surface area (Å²) >= 11 is 0. The number of carbonyl (C=O) groups is 1. The number of aliphatic carboxylic acids is 1. The molecule has 1 aliphatic heterocycles. The Balaban J connectivity index is 1.72. The van der Waals surface area contributed by atoms with Crippen LogP contribution in [0.4, 0.5) is 0 Å². The lowest BCUT2D eigenvalue weighted by Gasteiger charge is -2.40. The first-order valence-electron chi connectivity index (χ1n) is 6.33. The first kappa shape index (κ1) is 12.8. The van der Waals surface area contributed by atoms with Crippen molar-refractivity contribution < 1.29 is 9.90 Å². The summed E-state index contributed by atoms with van der Waals surface area (Å²) in [5.74, 6) is -0.591. The minimum Gasteiger partial charge on any atom is -0.481 e. The molecule has 1 aliphatic rings. The molecule has 1 unspecified atom stereocenters. The largest absolute Gasteiger partial charge is 0.481 e. The summed E-state index contributed by atoms with van der Waals surface area (Å²) in [7, 11) is 0. The van der Waals surface area contributed by atoms with Crippen LogP contribution in [0.1, 0.15) is 12.5 Å². The van der Waals surface area contributed by atoms with Crippen molar-refractivity contribution in [3.8, 4) is 0 Å². The van der Waals surface area contributed by atoms with E-state index in [1.165, 1.54) is 5.56 Å². The van der Waals surface area contributed by atoms with Crippen LogP contribution in [-0.4, -0.2) is 35.6 Å². The fraction of sp³-hybridized carbons (Fsp3) is 0.400. The summed E-state index contributed by atoms with van der Waals surface area (Å²) < 4.78 is 0. The van der Waals surface area contributed by atoms with E-state index in [4.69, 9.17) is 5.11 Å². The molecule has 18 heavy (non-hydrogen) atoms. The molecule has 1 atom stereocenters. The zero-order valence-electron chi connectivity index (χ0n) is 10.6. The Morgan fingerprint density at radius 3 is 2.72 bits per heavy atom. The number of benzene rings is 1. The van der Waals surface area contributed by atoms with Gasteiger partial charge in [-0.3, -0.25) is 9.69 Å². The lowest BCUT2D eigenvalue weighted by molar-refractivity contribution is -0.145. The van der Waals surface area contributed by atoms with Crippen LogP contribution in [0.3, 0.4) is 0 Å². The zero-order valence-corrected chi connectivity index (χ0v) is 10.6. The van der Waals surface area contributed by atoms with Crippen LogP contribution in [0.5, 0.6) is 0 Å². The highest BCUT2D eigenvalue weighted by Crippen LogP contribution is 2.23. The number of likely N-dealkylation sites (tertiary alicyclic amines) is 1. The molecule has 1 aromatic carbocycles. The lowest BCUT2D eigenvalue weighted by Crippen LogP contribution is -2.50. The minimum atomic E-state index is -0.681. The average Bonchev–Trinajstić information content (AvgIpc) is 2.32. The van der Waals surface area contributed by atoms with E-state index < -0.39 is 5.97 Å². The third-order valence-electron chi connectivity index (χ3n) is 3.56. The van der Waals surface area contributed by atoms with Gasteiger partial charge >= 0.3 is 5.97 Å². The lowest BCUT2D eigenvalue weighted by atomic mass is 9.87. The molecule has 1 saturated heterocycles. The summed E-state index contributed by atoms with van der Waals surface area (Å²) in [5.41, 5.74) is 1.20. The molecule has 0 spiro atoms. The number of hydrogen-bond acceptors (Lipinski definition) is 2. The Hall–Kier alpha value is -1.61. The van der Waals surface area contributed by atoms with E-state index in [-0.39, 0.29) is 5.92 Å². The predicted octanol–water partition coefficient (Wildman–Crippen LogP) is 2.35. The molecular formula is C15H19NO2. The summed E-state index contributed by atoms with van der Waals surface area (Å²) in [6, 6.07) is 10.2. The van der Waals surface area contributed by atoms with Crippen LogP contribution in [0.15, 0.2) is 36.4 Å². The van der Waals surface area contributed by atoms with Gasteiger partial charge in [-0.2, -0.15) is 0 Å². The molecule has 96 valence electrons. The maximum atomic E-state index is 10.8. The highest BCUT2D eigenvalue weighted by atomic mass is 16.4. The van der Waals surface area contributed by atoms with Crippen molar-refractivity contribution in [2.75, 3.05) is 19.6 Å². The summed E-state index contributed by atoms with van der Waals surface area (Å²) in [5, 5.41) is 8.90. The molecular weight excluding hydrogens is 226 g/mol. The Morgan fingerprint density at radius 1 is 1.44 bits per heavy atom. The number of nitrogens with zero attached hydrogens (tertiary/aromatic N) is 1. The molecule has 1 fully saturated rings. The van der Waals surface area contributed by atoms with Gasteiger partial charge in [-0.1, -0.05) is 49.4 Å². The van der Waals surface area contributed by atoms with Gasteiger partial charge in [0, 0.05) is 19.6 Å². The van der Waals surface area contributed by atoms with Crippen molar-refractivity contribution in [3.05, 3.63) is 42.0 Å². The standard InChI is InChI=1S/C15H19NO2/c1-12(15(17)18)14-10-16(11-14)9-5-8-13-6-3-2-4-7-13/h2-8,12,14H,9-11H2,1H3,(H,17,18)/b8-5+. The van der Waals surface area contributed by atoms with E-state index in [9.17, 15) is 4.79 Å². The van der Waals surface area contributed by atoms with Gasteiger partial charge in [0.25, 0.3) is 0 Å². The zero-order chi connectivity index (χ0) is 13.0. The van der Waals surface area contributed by atoms with Gasteiger partial charge in [-0.05, 0) is 11.5 Å². The van der Waals surface area contributed by atoms with Crippen molar-refractivity contribution in [1.82, 2.24) is 4.90 Å². The van der Waals surface area contributed by atoms with Gasteiger partial charge in [0.2, 0.25) is 0 Å². The molecule has 0 bridgehead atoms. The Kier molecular flexibility index (Phi) is 4.15. The molecule has 0 saturated carbocycles. The van der Waals surface area contributed by atoms with E-state index >= 15 is 0 Å². The maximum Gasteiger partial charge on any atom is 0.306 e. The van der Waals surface area contributed by atoms with Crippen LogP contribution in [0, 0.1) is 11.8 Å². The molecule has 1 aromatic rings. The van der Waals surface area contributed by atoms with E-state index in [1.807, 2.05) is 18.2 Å². The van der Waals surface area contributed by atoms with Crippen LogP contribution >= 0.6 is 0 Å². The molecule has 0 aromatic heterocycles. The quantitative estimate of drug-likeness (QED) is 0.865. The van der Waals surface area contributed by atoms with Crippen molar-refractivity contribution in [2.24, 2.45) is 11.8 Å². The SMILES string of the molecule is CC(C(=O)O)C1CN(C/C=C/c2ccccc2)C1. The predicted molar refractivity (Wildman–Crippen MR) is 72.2 cm³/mol. The second-order valence-corrected chi connectivity index (χ2v) is 4.92. The molecule has 0 aliphatic carbocycles. The maximum absolute atomic E-state index is 10.8. The third kappa shape index (κ3) is 3.20. The van der Waals surface area contributed by atoms with E-state index in [0.717, 1.165) is 19.6 Å². The summed E-state index contributed by atoms with van der Waals surface area (Å²) in [6.07, 6.45) is 4.24. The molecule has 0 amide bonds. The van der Waals surface area contributed by atoms with Crippen molar-refractivity contribution in [1.29, 1.82) is 0 Å². The average molecular weight is 245 g/mol. The van der Waals surface area contributed by atoms with Gasteiger partial charge in [0.1, 0.15) is 0 Å². The van der Waals surface area contributed by atoms with E-state index in [0.29, 0.717) is 5.92 Å². The topological polar surface area (TPSA) is 40.5 Å². The van der Waals surface area contributed by atoms with Crippen molar-refractivity contribution >= 4 is 12.0 Å². The fourth-order valence-electron chi connectivity index (χ4n) is 2.18. The van der Waals surface area contributed by atoms with Crippen molar-refractivity contribution in [3.63, 3.8) is 0 Å². The highest BCUT2D eigenvalue weighted by molar-refractivity contribution is 5.70. The first-order valence-corrected chi connectivity index (χ1v) is 6.33. The van der Waals surface area contributed by atoms with Crippen molar-refractivity contribution in [2.45, 2.75) is 6.92 Å². The van der Waals surface area contributed by atoms with E-state index in [1.54, 1.807) is 6.92 Å². The van der Waals surface area contributed by atoms with Gasteiger partial charge in [0.05, 0.1) is 5.92 Å². The second kappa shape index (κ2) is 5.83. The normalized spacial score (nSPS) is 18.7.